The Hall–Kier alpha value is -2.75. The smallest absolute Gasteiger partial charge is 0.240 e. The topological polar surface area (TPSA) is 105 Å². The van der Waals surface area contributed by atoms with Gasteiger partial charge in [0.25, 0.3) is 0 Å². The Kier molecular flexibility index (Phi) is 8.00. The van der Waals surface area contributed by atoms with Crippen LogP contribution in [0.3, 0.4) is 0 Å². The van der Waals surface area contributed by atoms with Gasteiger partial charge in [-0.3, -0.25) is 9.59 Å². The largest absolute Gasteiger partial charge is 0.385 e. The summed E-state index contributed by atoms with van der Waals surface area (Å²) in [5.41, 5.74) is 2.39. The molecule has 0 radical (unpaired) electrons. The molecule has 9 heteroatoms. The molecule has 0 aliphatic carbocycles. The number of methoxy groups -OCH3 is 1. The standard InChI is InChI=1S/C23H29N3O5S/c1-3-17-7-4-5-8-21(17)26-16-18(15-22(26)27)23(28)25-19-9-11-20(12-10-19)32(29,30)24-13-6-14-31-2/h4-5,7-12,18,24H,3,6,13-16H2,1-2H3,(H,25,28). The summed E-state index contributed by atoms with van der Waals surface area (Å²) in [6.07, 6.45) is 1.51. The van der Waals surface area contributed by atoms with Gasteiger partial charge in [-0.15, -0.1) is 0 Å². The normalized spacial score (nSPS) is 16.4. The third kappa shape index (κ3) is 5.73. The van der Waals surface area contributed by atoms with Crippen molar-refractivity contribution in [2.45, 2.75) is 31.1 Å². The second kappa shape index (κ2) is 10.7. The predicted octanol–water partition coefficient (Wildman–Crippen LogP) is 2.56. The summed E-state index contributed by atoms with van der Waals surface area (Å²) in [6, 6.07) is 13.7. The van der Waals surface area contributed by atoms with Gasteiger partial charge in [-0.1, -0.05) is 25.1 Å². The van der Waals surface area contributed by atoms with E-state index in [4.69, 9.17) is 4.74 Å². The minimum atomic E-state index is -3.62. The quantitative estimate of drug-likeness (QED) is 0.532. The van der Waals surface area contributed by atoms with E-state index in [1.807, 2.05) is 31.2 Å². The number of aryl methyl sites for hydroxylation is 1. The summed E-state index contributed by atoms with van der Waals surface area (Å²) in [5.74, 6) is -0.812. The molecule has 0 saturated carbocycles. The Morgan fingerprint density at radius 2 is 1.88 bits per heavy atom. The molecule has 1 atom stereocenters. The van der Waals surface area contributed by atoms with Gasteiger partial charge in [-0.05, 0) is 48.7 Å². The molecule has 3 rings (SSSR count). The van der Waals surface area contributed by atoms with E-state index in [1.54, 1.807) is 24.1 Å². The Bertz CT molecular complexity index is 1050. The first-order chi connectivity index (χ1) is 15.4. The summed E-state index contributed by atoms with van der Waals surface area (Å²) in [4.78, 5) is 27.1. The molecule has 2 aromatic carbocycles. The van der Waals surface area contributed by atoms with E-state index in [0.29, 0.717) is 25.3 Å². The van der Waals surface area contributed by atoms with E-state index < -0.39 is 15.9 Å². The molecule has 172 valence electrons. The Morgan fingerprint density at radius 3 is 2.56 bits per heavy atom. The lowest BCUT2D eigenvalue weighted by Gasteiger charge is -2.20. The molecule has 0 bridgehead atoms. The molecule has 2 aromatic rings. The van der Waals surface area contributed by atoms with Crippen molar-refractivity contribution in [1.82, 2.24) is 4.72 Å². The van der Waals surface area contributed by atoms with Crippen molar-refractivity contribution in [2.75, 3.05) is 37.0 Å². The van der Waals surface area contributed by atoms with Crippen LogP contribution in [0.5, 0.6) is 0 Å². The van der Waals surface area contributed by atoms with Crippen LogP contribution in [0.25, 0.3) is 0 Å². The zero-order valence-corrected chi connectivity index (χ0v) is 19.2. The molecule has 1 aliphatic heterocycles. The van der Waals surface area contributed by atoms with Gasteiger partial charge in [0.1, 0.15) is 0 Å². The number of anilines is 2. The van der Waals surface area contributed by atoms with E-state index in [9.17, 15) is 18.0 Å². The highest BCUT2D eigenvalue weighted by Crippen LogP contribution is 2.29. The molecular formula is C23H29N3O5S. The fraction of sp³-hybridized carbons (Fsp3) is 0.391. The molecule has 32 heavy (non-hydrogen) atoms. The molecule has 8 nitrogen and oxygen atoms in total. The molecule has 1 unspecified atom stereocenters. The molecule has 2 amide bonds. The van der Waals surface area contributed by atoms with Crippen LogP contribution in [-0.4, -0.2) is 47.0 Å². The van der Waals surface area contributed by atoms with Crippen molar-refractivity contribution in [3.8, 4) is 0 Å². The molecule has 1 saturated heterocycles. The van der Waals surface area contributed by atoms with Crippen LogP contribution in [0.15, 0.2) is 53.4 Å². The van der Waals surface area contributed by atoms with Gasteiger partial charge >= 0.3 is 0 Å². The van der Waals surface area contributed by atoms with Crippen molar-refractivity contribution < 1.29 is 22.7 Å². The molecule has 1 fully saturated rings. The SMILES string of the molecule is CCc1ccccc1N1CC(C(=O)Nc2ccc(S(=O)(=O)NCCCOC)cc2)CC1=O. The maximum absolute atomic E-state index is 12.7. The zero-order chi connectivity index (χ0) is 23.1. The lowest BCUT2D eigenvalue weighted by molar-refractivity contribution is -0.122. The number of benzene rings is 2. The fourth-order valence-corrected chi connectivity index (χ4v) is 4.73. The zero-order valence-electron chi connectivity index (χ0n) is 18.3. The molecule has 1 heterocycles. The highest BCUT2D eigenvalue weighted by molar-refractivity contribution is 7.89. The van der Waals surface area contributed by atoms with Crippen LogP contribution in [0.4, 0.5) is 11.4 Å². The third-order valence-electron chi connectivity index (χ3n) is 5.41. The number of nitrogens with one attached hydrogen (secondary N) is 2. The second-order valence-electron chi connectivity index (χ2n) is 7.65. The van der Waals surface area contributed by atoms with Crippen LogP contribution in [-0.2, 0) is 30.8 Å². The number of amides is 2. The molecule has 0 aromatic heterocycles. The summed E-state index contributed by atoms with van der Waals surface area (Å²) >= 11 is 0. The number of para-hydroxylation sites is 1. The van der Waals surface area contributed by atoms with Crippen molar-refractivity contribution >= 4 is 33.2 Å². The van der Waals surface area contributed by atoms with Crippen molar-refractivity contribution in [3.05, 3.63) is 54.1 Å². The molecule has 2 N–H and O–H groups in total. The summed E-state index contributed by atoms with van der Waals surface area (Å²) in [5, 5.41) is 2.79. The number of hydrogen-bond donors (Lipinski definition) is 2. The van der Waals surface area contributed by atoms with Crippen LogP contribution in [0.2, 0.25) is 0 Å². The number of hydrogen-bond acceptors (Lipinski definition) is 5. The first kappa shape index (κ1) is 23.9. The molecule has 0 spiro atoms. The van der Waals surface area contributed by atoms with Gasteiger partial charge in [0.15, 0.2) is 0 Å². The van der Waals surface area contributed by atoms with Gasteiger partial charge < -0.3 is 15.0 Å². The van der Waals surface area contributed by atoms with Crippen molar-refractivity contribution in [3.63, 3.8) is 0 Å². The van der Waals surface area contributed by atoms with Gasteiger partial charge in [0.05, 0.1) is 10.8 Å². The van der Waals surface area contributed by atoms with Gasteiger partial charge in [-0.25, -0.2) is 13.1 Å². The molecule has 1 aliphatic rings. The van der Waals surface area contributed by atoms with Crippen LogP contribution in [0.1, 0.15) is 25.3 Å². The highest BCUT2D eigenvalue weighted by atomic mass is 32.2. The first-order valence-electron chi connectivity index (χ1n) is 10.6. The summed E-state index contributed by atoms with van der Waals surface area (Å²) < 4.78 is 32.0. The summed E-state index contributed by atoms with van der Waals surface area (Å²) in [7, 11) is -2.06. The first-order valence-corrected chi connectivity index (χ1v) is 12.1. The Morgan fingerprint density at radius 1 is 1.16 bits per heavy atom. The van der Waals surface area contributed by atoms with Gasteiger partial charge in [-0.2, -0.15) is 0 Å². The van der Waals surface area contributed by atoms with E-state index in [1.165, 1.54) is 12.1 Å². The van der Waals surface area contributed by atoms with E-state index in [-0.39, 0.29) is 29.7 Å². The van der Waals surface area contributed by atoms with E-state index in [2.05, 4.69) is 10.0 Å². The van der Waals surface area contributed by atoms with E-state index >= 15 is 0 Å². The number of carbonyl (C=O) groups excluding carboxylic acids is 2. The van der Waals surface area contributed by atoms with Crippen molar-refractivity contribution in [1.29, 1.82) is 0 Å². The van der Waals surface area contributed by atoms with E-state index in [0.717, 1.165) is 17.7 Å². The average molecular weight is 460 g/mol. The second-order valence-corrected chi connectivity index (χ2v) is 9.41. The van der Waals surface area contributed by atoms with Crippen LogP contribution in [0, 0.1) is 5.92 Å². The van der Waals surface area contributed by atoms with Gasteiger partial charge in [0, 0.05) is 44.6 Å². The number of rotatable bonds is 10. The third-order valence-corrected chi connectivity index (χ3v) is 6.89. The lowest BCUT2D eigenvalue weighted by Crippen LogP contribution is -2.28. The maximum Gasteiger partial charge on any atom is 0.240 e. The Balaban J connectivity index is 1.61. The minimum Gasteiger partial charge on any atom is -0.385 e. The van der Waals surface area contributed by atoms with Gasteiger partial charge in [0.2, 0.25) is 21.8 Å². The number of carbonyl (C=O) groups is 2. The minimum absolute atomic E-state index is 0.0768. The van der Waals surface area contributed by atoms with Crippen LogP contribution < -0.4 is 14.9 Å². The maximum atomic E-state index is 12.7. The van der Waals surface area contributed by atoms with Crippen molar-refractivity contribution in [2.24, 2.45) is 5.92 Å². The number of nitrogens with zero attached hydrogens (tertiary/aromatic N) is 1. The lowest BCUT2D eigenvalue weighted by atomic mass is 10.1. The monoisotopic (exact) mass is 459 g/mol. The molecular weight excluding hydrogens is 430 g/mol. The van der Waals surface area contributed by atoms with Crippen LogP contribution >= 0.6 is 0 Å². The highest BCUT2D eigenvalue weighted by Gasteiger charge is 2.35. The number of ether oxygens (including phenoxy) is 1. The Labute approximate surface area is 189 Å². The predicted molar refractivity (Wildman–Crippen MR) is 123 cm³/mol. The fourth-order valence-electron chi connectivity index (χ4n) is 3.66. The number of sulfonamides is 1. The summed E-state index contributed by atoms with van der Waals surface area (Å²) in [6.45, 7) is 3.10. The average Bonchev–Trinajstić information content (AvgIpc) is 3.18.